The molecule has 1 N–H and O–H groups in total. The summed E-state index contributed by atoms with van der Waals surface area (Å²) in [6.45, 7) is 4.44. The number of nitrogens with one attached hydrogen (secondary N) is 1. The van der Waals surface area contributed by atoms with Gasteiger partial charge in [0.2, 0.25) is 5.91 Å². The molecule has 3 aromatic rings. The van der Waals surface area contributed by atoms with E-state index in [1.165, 1.54) is 11.3 Å². The summed E-state index contributed by atoms with van der Waals surface area (Å²) in [5.74, 6) is -0.436. The van der Waals surface area contributed by atoms with Gasteiger partial charge in [-0.15, -0.1) is 11.3 Å². The Morgan fingerprint density at radius 3 is 2.53 bits per heavy atom. The van der Waals surface area contributed by atoms with Crippen molar-refractivity contribution < 1.29 is 19.1 Å². The second kappa shape index (κ2) is 9.36. The minimum atomic E-state index is -0.627. The van der Waals surface area contributed by atoms with Crippen molar-refractivity contribution in [3.8, 4) is 11.1 Å². The first kappa shape index (κ1) is 22.2. The number of benzene rings is 2. The zero-order valence-electron chi connectivity index (χ0n) is 18.7. The molecule has 1 atom stereocenters. The molecule has 0 unspecified atom stereocenters. The first-order valence-electron chi connectivity index (χ1n) is 11.1. The van der Waals surface area contributed by atoms with E-state index in [0.29, 0.717) is 49.1 Å². The zero-order chi connectivity index (χ0) is 23.7. The first-order chi connectivity index (χ1) is 16.5. The molecule has 3 heterocycles. The number of morpholine rings is 1. The Bertz CT molecular complexity index is 1220. The summed E-state index contributed by atoms with van der Waals surface area (Å²) >= 11 is 1.33. The van der Waals surface area contributed by atoms with Crippen molar-refractivity contribution in [1.82, 2.24) is 14.8 Å². The molecule has 0 spiro atoms. The molecule has 174 valence electrons. The van der Waals surface area contributed by atoms with E-state index in [0.717, 1.165) is 16.7 Å². The van der Waals surface area contributed by atoms with Crippen LogP contribution in [0.5, 0.6) is 0 Å². The van der Waals surface area contributed by atoms with Gasteiger partial charge in [0.25, 0.3) is 11.8 Å². The van der Waals surface area contributed by atoms with Crippen LogP contribution >= 0.6 is 11.3 Å². The minimum Gasteiger partial charge on any atom is -0.378 e. The molecule has 2 aromatic carbocycles. The van der Waals surface area contributed by atoms with Crippen LogP contribution in [0.3, 0.4) is 0 Å². The van der Waals surface area contributed by atoms with E-state index >= 15 is 0 Å². The van der Waals surface area contributed by atoms with Gasteiger partial charge < -0.3 is 19.9 Å². The number of carbonyl (C=O) groups is 3. The van der Waals surface area contributed by atoms with Crippen molar-refractivity contribution in [2.75, 3.05) is 31.6 Å². The summed E-state index contributed by atoms with van der Waals surface area (Å²) in [6, 6.07) is 12.6. The van der Waals surface area contributed by atoms with Crippen molar-refractivity contribution >= 4 is 34.2 Å². The maximum absolute atomic E-state index is 13.1. The molecule has 0 saturated carbocycles. The molecule has 0 bridgehead atoms. The van der Waals surface area contributed by atoms with Crippen LogP contribution < -0.4 is 5.32 Å². The maximum atomic E-state index is 13.1. The Morgan fingerprint density at radius 2 is 1.82 bits per heavy atom. The lowest BCUT2D eigenvalue weighted by atomic mass is 9.99. The molecule has 0 aliphatic carbocycles. The highest BCUT2D eigenvalue weighted by Gasteiger charge is 2.34. The van der Waals surface area contributed by atoms with Crippen molar-refractivity contribution in [3.05, 3.63) is 70.7 Å². The molecule has 1 fully saturated rings. The zero-order valence-corrected chi connectivity index (χ0v) is 19.5. The van der Waals surface area contributed by atoms with E-state index in [1.54, 1.807) is 28.3 Å². The van der Waals surface area contributed by atoms with E-state index in [1.807, 2.05) is 42.5 Å². The van der Waals surface area contributed by atoms with Crippen LogP contribution in [0.15, 0.2) is 54.0 Å². The van der Waals surface area contributed by atoms with Gasteiger partial charge in [-0.2, -0.15) is 0 Å². The fourth-order valence-corrected chi connectivity index (χ4v) is 4.74. The monoisotopic (exact) mass is 476 g/mol. The number of thiazole rings is 1. The minimum absolute atomic E-state index is 0.000337. The quantitative estimate of drug-likeness (QED) is 0.610. The molecule has 9 heteroatoms. The highest BCUT2D eigenvalue weighted by atomic mass is 32.1. The molecular formula is C25H24N4O4S. The molecule has 34 heavy (non-hydrogen) atoms. The first-order valence-corrected chi connectivity index (χ1v) is 12.0. The second-order valence-corrected chi connectivity index (χ2v) is 9.18. The third-order valence-corrected chi connectivity index (χ3v) is 6.90. The summed E-state index contributed by atoms with van der Waals surface area (Å²) in [6.07, 6.45) is 1.62. The van der Waals surface area contributed by atoms with Crippen LogP contribution in [0.2, 0.25) is 0 Å². The Morgan fingerprint density at radius 1 is 1.09 bits per heavy atom. The van der Waals surface area contributed by atoms with Crippen molar-refractivity contribution in [1.29, 1.82) is 0 Å². The standard InChI is InChI=1S/C25H24N4O4S/c1-16(22(30)27-25-26-8-13-34-25)29-15-20-7-6-19(14-21(20)24(29)32)17-2-4-18(5-3-17)23(31)28-9-11-33-12-10-28/h2-8,13-14,16H,9-12,15H2,1H3,(H,26,27,30)/t16-/m1/s1. The number of hydrogen-bond donors (Lipinski definition) is 1. The Hall–Kier alpha value is -3.56. The van der Waals surface area contributed by atoms with Crippen molar-refractivity contribution in [3.63, 3.8) is 0 Å². The molecule has 1 aromatic heterocycles. The summed E-state index contributed by atoms with van der Waals surface area (Å²) in [7, 11) is 0. The van der Waals surface area contributed by atoms with Crippen molar-refractivity contribution in [2.24, 2.45) is 0 Å². The van der Waals surface area contributed by atoms with Gasteiger partial charge in [-0.3, -0.25) is 14.4 Å². The third-order valence-electron chi connectivity index (χ3n) is 6.21. The highest BCUT2D eigenvalue weighted by Crippen LogP contribution is 2.30. The average Bonchev–Trinajstić information content (AvgIpc) is 3.51. The molecule has 5 rings (SSSR count). The van der Waals surface area contributed by atoms with E-state index in [2.05, 4.69) is 10.3 Å². The van der Waals surface area contributed by atoms with Gasteiger partial charge >= 0.3 is 0 Å². The lowest BCUT2D eigenvalue weighted by Crippen LogP contribution is -2.42. The summed E-state index contributed by atoms with van der Waals surface area (Å²) in [5, 5.41) is 5.05. The van der Waals surface area contributed by atoms with E-state index < -0.39 is 6.04 Å². The van der Waals surface area contributed by atoms with Gasteiger partial charge in [0.05, 0.1) is 13.2 Å². The van der Waals surface area contributed by atoms with Gasteiger partial charge in [-0.1, -0.05) is 24.3 Å². The molecular weight excluding hydrogens is 452 g/mol. The lowest BCUT2D eigenvalue weighted by molar-refractivity contribution is -0.120. The van der Waals surface area contributed by atoms with Crippen LogP contribution in [-0.2, 0) is 16.1 Å². The number of fused-ring (bicyclic) bond motifs is 1. The number of rotatable bonds is 5. The summed E-state index contributed by atoms with van der Waals surface area (Å²) in [4.78, 5) is 45.8. The summed E-state index contributed by atoms with van der Waals surface area (Å²) < 4.78 is 5.32. The molecule has 2 aliphatic heterocycles. The van der Waals surface area contributed by atoms with Crippen LogP contribution in [0.4, 0.5) is 5.13 Å². The summed E-state index contributed by atoms with van der Waals surface area (Å²) in [5.41, 5.74) is 3.93. The molecule has 1 saturated heterocycles. The van der Waals surface area contributed by atoms with Gasteiger partial charge in [0, 0.05) is 42.3 Å². The van der Waals surface area contributed by atoms with E-state index in [9.17, 15) is 14.4 Å². The second-order valence-electron chi connectivity index (χ2n) is 8.29. The Labute approximate surface area is 201 Å². The molecule has 8 nitrogen and oxygen atoms in total. The SMILES string of the molecule is C[C@H](C(=O)Nc1nccs1)N1Cc2ccc(-c3ccc(C(=O)N4CCOCC4)cc3)cc2C1=O. The Balaban J connectivity index is 1.30. The van der Waals surface area contributed by atoms with Crippen LogP contribution in [0, 0.1) is 0 Å². The van der Waals surface area contributed by atoms with Gasteiger partial charge in [0.15, 0.2) is 5.13 Å². The van der Waals surface area contributed by atoms with Crippen LogP contribution in [0.1, 0.15) is 33.2 Å². The number of aromatic nitrogens is 1. The molecule has 2 aliphatic rings. The van der Waals surface area contributed by atoms with Gasteiger partial charge in [0.1, 0.15) is 6.04 Å². The fraction of sp³-hybridized carbons (Fsp3) is 0.280. The number of nitrogens with zero attached hydrogens (tertiary/aromatic N) is 3. The van der Waals surface area contributed by atoms with E-state index in [-0.39, 0.29) is 17.7 Å². The van der Waals surface area contributed by atoms with Crippen molar-refractivity contribution in [2.45, 2.75) is 19.5 Å². The lowest BCUT2D eigenvalue weighted by Gasteiger charge is -2.26. The maximum Gasteiger partial charge on any atom is 0.255 e. The predicted octanol–water partition coefficient (Wildman–Crippen LogP) is 3.27. The molecule has 3 amide bonds. The largest absolute Gasteiger partial charge is 0.378 e. The number of hydrogen-bond acceptors (Lipinski definition) is 6. The highest BCUT2D eigenvalue weighted by molar-refractivity contribution is 7.13. The topological polar surface area (TPSA) is 91.8 Å². The average molecular weight is 477 g/mol. The Kier molecular flexibility index (Phi) is 6.12. The van der Waals surface area contributed by atoms with E-state index in [4.69, 9.17) is 4.74 Å². The number of amides is 3. The van der Waals surface area contributed by atoms with Crippen LogP contribution in [0.25, 0.3) is 11.1 Å². The molecule has 0 radical (unpaired) electrons. The van der Waals surface area contributed by atoms with Crippen LogP contribution in [-0.4, -0.2) is 64.9 Å². The number of carbonyl (C=O) groups excluding carboxylic acids is 3. The van der Waals surface area contributed by atoms with Gasteiger partial charge in [-0.25, -0.2) is 4.98 Å². The number of anilines is 1. The van der Waals surface area contributed by atoms with Gasteiger partial charge in [-0.05, 0) is 41.8 Å². The predicted molar refractivity (Wildman–Crippen MR) is 129 cm³/mol. The number of ether oxygens (including phenoxy) is 1. The smallest absolute Gasteiger partial charge is 0.255 e. The fourth-order valence-electron chi connectivity index (χ4n) is 4.21. The third kappa shape index (κ3) is 4.32. The normalized spacial score (nSPS) is 16.3.